The van der Waals surface area contributed by atoms with E-state index in [2.05, 4.69) is 0 Å². The average Bonchev–Trinajstić information content (AvgIpc) is 2.97. The van der Waals surface area contributed by atoms with Gasteiger partial charge in [0, 0.05) is 45.6 Å². The lowest BCUT2D eigenvalue weighted by molar-refractivity contribution is 0.171. The van der Waals surface area contributed by atoms with Crippen LogP contribution in [0, 0.1) is 0 Å². The fourth-order valence-corrected chi connectivity index (χ4v) is 1.51. The van der Waals surface area contributed by atoms with E-state index in [9.17, 15) is 0 Å². The van der Waals surface area contributed by atoms with Gasteiger partial charge in [0.15, 0.2) is 0 Å². The van der Waals surface area contributed by atoms with Gasteiger partial charge in [0.25, 0.3) is 0 Å². The first kappa shape index (κ1) is 3.34. The monoisotopic (exact) mass is 263 g/mol. The van der Waals surface area contributed by atoms with Gasteiger partial charge in [0.05, 0.1) is 13.9 Å². The van der Waals surface area contributed by atoms with E-state index in [1.165, 1.54) is 6.07 Å². The summed E-state index contributed by atoms with van der Waals surface area (Å²) < 4.78 is 138. The van der Waals surface area contributed by atoms with Crippen LogP contribution in [0.3, 0.4) is 0 Å². The first-order valence-corrected chi connectivity index (χ1v) is 4.89. The number of rotatable bonds is 4. The maximum atomic E-state index is 8.72. The van der Waals surface area contributed by atoms with E-state index in [1.807, 2.05) is 0 Å². The molecule has 1 aromatic heterocycles. The molecule has 0 aliphatic rings. The van der Waals surface area contributed by atoms with E-state index in [-0.39, 0.29) is 16.7 Å². The van der Waals surface area contributed by atoms with Crippen molar-refractivity contribution in [2.24, 2.45) is 0 Å². The van der Waals surface area contributed by atoms with Gasteiger partial charge in [-0.25, -0.2) is 0 Å². The van der Waals surface area contributed by atoms with Crippen LogP contribution in [0.4, 0.5) is 0 Å². The van der Waals surface area contributed by atoms with Gasteiger partial charge in [-0.15, -0.1) is 0 Å². The van der Waals surface area contributed by atoms with Crippen LogP contribution in [0.25, 0.3) is 10.9 Å². The summed E-state index contributed by atoms with van der Waals surface area (Å²) in [5.74, 6) is -0.166. The average molecular weight is 263 g/mol. The van der Waals surface area contributed by atoms with E-state index in [1.54, 1.807) is 0 Å². The SMILES string of the molecule is [2H]C([2H])([2H])Oc1ccc2c(ccn2C([2H])([2H])C(N(C([2H])([2H])[2H])C([2H])([2H])[2H])(C([2H])([2H])[2H])C([2H])([2H])[2H])c1. The number of methoxy groups -OCH3 is 1. The fourth-order valence-electron chi connectivity index (χ4n) is 1.51. The maximum absolute atomic E-state index is 8.72. The Morgan fingerprint density at radius 1 is 1.39 bits per heavy atom. The Kier molecular flexibility index (Phi) is 0.863. The van der Waals surface area contributed by atoms with Crippen LogP contribution >= 0.6 is 0 Å². The van der Waals surface area contributed by atoms with E-state index < -0.39 is 51.6 Å². The number of hydrogen-bond donors (Lipinski definition) is 0. The fraction of sp³-hybridized carbons (Fsp3) is 0.467. The lowest BCUT2D eigenvalue weighted by Gasteiger charge is -2.33. The van der Waals surface area contributed by atoms with Gasteiger partial charge in [0.1, 0.15) is 5.75 Å². The van der Waals surface area contributed by atoms with Gasteiger partial charge < -0.3 is 14.2 Å². The highest BCUT2D eigenvalue weighted by Crippen LogP contribution is 2.24. The third-order valence-electron chi connectivity index (χ3n) is 2.40. The molecule has 3 nitrogen and oxygen atoms in total. The van der Waals surface area contributed by atoms with Gasteiger partial charge >= 0.3 is 0 Å². The predicted molar refractivity (Wildman–Crippen MR) is 76.3 cm³/mol. The van der Waals surface area contributed by atoms with Gasteiger partial charge in [-0.05, 0) is 51.9 Å². The topological polar surface area (TPSA) is 17.4 Å². The molecule has 0 atom stereocenters. The molecule has 2 aromatic rings. The number of fused-ring (bicyclic) bond motifs is 1. The minimum Gasteiger partial charge on any atom is -0.497 e. The molecule has 0 amide bonds. The Labute approximate surface area is 133 Å². The normalized spacial score (nSPS) is 30.6. The van der Waals surface area contributed by atoms with Crippen molar-refractivity contribution < 1.29 is 28.0 Å². The Morgan fingerprint density at radius 3 is 3.00 bits per heavy atom. The van der Waals surface area contributed by atoms with E-state index in [4.69, 9.17) is 28.0 Å². The third-order valence-corrected chi connectivity index (χ3v) is 2.40. The molecule has 18 heavy (non-hydrogen) atoms. The first-order chi connectivity index (χ1) is 15.3. The van der Waals surface area contributed by atoms with Gasteiger partial charge in [0.2, 0.25) is 0 Å². The molecule has 1 aromatic carbocycles. The molecule has 0 saturated heterocycles. The summed E-state index contributed by atoms with van der Waals surface area (Å²) in [6.45, 7) is -19.5. The molecule has 0 saturated carbocycles. The highest BCUT2D eigenvalue weighted by molar-refractivity contribution is 5.81. The van der Waals surface area contributed by atoms with Crippen molar-refractivity contribution in [3.8, 4) is 5.75 Å². The van der Waals surface area contributed by atoms with E-state index in [0.717, 1.165) is 24.4 Å². The lowest BCUT2D eigenvalue weighted by atomic mass is 10.0. The molecular weight excluding hydrogens is 224 g/mol. The molecule has 0 unspecified atom stereocenters. The Bertz CT molecular complexity index is 1030. The largest absolute Gasteiger partial charge is 0.497 e. The van der Waals surface area contributed by atoms with E-state index >= 15 is 0 Å². The lowest BCUT2D eigenvalue weighted by Crippen LogP contribution is -2.41. The molecule has 0 aliphatic carbocycles. The van der Waals surface area contributed by atoms with Crippen molar-refractivity contribution in [3.05, 3.63) is 30.5 Å². The summed E-state index contributed by atoms with van der Waals surface area (Å²) >= 11 is 0. The Balaban J connectivity index is 2.98. The van der Waals surface area contributed by atoms with Gasteiger partial charge in [-0.3, -0.25) is 0 Å². The summed E-state index contributed by atoms with van der Waals surface area (Å²) in [6.07, 6.45) is 0.910. The van der Waals surface area contributed by atoms with Crippen LogP contribution in [-0.4, -0.2) is 36.0 Å². The Hall–Kier alpha value is -1.48. The van der Waals surface area contributed by atoms with Gasteiger partial charge in [-0.1, -0.05) is 0 Å². The molecule has 3 heteroatoms. The Morgan fingerprint density at radius 2 is 2.28 bits per heavy atom. The van der Waals surface area contributed by atoms with Crippen LogP contribution < -0.4 is 4.74 Å². The maximum Gasteiger partial charge on any atom is 0.119 e. The van der Waals surface area contributed by atoms with Crippen molar-refractivity contribution in [1.29, 1.82) is 0 Å². The van der Waals surface area contributed by atoms with Crippen molar-refractivity contribution >= 4 is 10.9 Å². The molecule has 0 aliphatic heterocycles. The summed E-state index contributed by atoms with van der Waals surface area (Å²) in [7, 11) is -2.82. The van der Waals surface area contributed by atoms with Crippen LogP contribution in [0.1, 0.15) is 37.0 Å². The van der Waals surface area contributed by atoms with Gasteiger partial charge in [-0.2, -0.15) is 0 Å². The zero-order valence-corrected chi connectivity index (χ0v) is 9.19. The quantitative estimate of drug-likeness (QED) is 0.844. The number of benzene rings is 1. The second-order valence-electron chi connectivity index (χ2n) is 3.67. The summed E-state index contributed by atoms with van der Waals surface area (Å²) in [6, 6.07) is 4.54. The molecule has 0 fully saturated rings. The molecule has 0 bridgehead atoms. The van der Waals surface area contributed by atoms with Crippen molar-refractivity contribution in [2.75, 3.05) is 21.0 Å². The standard InChI is InChI=1S/C15H22N2O/c1-15(2,16(3)4)11-17-9-8-12-10-13(18-5)6-7-14(12)17/h6-10H,11H2,1-5H3/i1D3,2D3,3D3,4D3,5D3,11D2. The second-order valence-corrected chi connectivity index (χ2v) is 3.67. The molecule has 1 heterocycles. The summed E-state index contributed by atoms with van der Waals surface area (Å²) in [5, 5.41) is 0.0786. The van der Waals surface area contributed by atoms with Crippen molar-refractivity contribution in [3.63, 3.8) is 0 Å². The molecule has 0 radical (unpaired) electrons. The molecule has 2 rings (SSSR count). The zero-order valence-electron chi connectivity index (χ0n) is 26.2. The molecule has 0 spiro atoms. The number of nitrogens with zero attached hydrogens (tertiary/aromatic N) is 2. The number of ether oxygens (including phenoxy) is 1. The van der Waals surface area contributed by atoms with Crippen LogP contribution in [0.15, 0.2) is 30.5 Å². The second kappa shape index (κ2) is 4.65. The highest BCUT2D eigenvalue weighted by Gasteiger charge is 2.21. The smallest absolute Gasteiger partial charge is 0.119 e. The van der Waals surface area contributed by atoms with Crippen LogP contribution in [-0.2, 0) is 6.50 Å². The highest BCUT2D eigenvalue weighted by atomic mass is 16.5. The molecule has 98 valence electrons. The molecule has 0 N–H and O–H groups in total. The summed E-state index contributed by atoms with van der Waals surface area (Å²) in [5.41, 5.74) is -4.29. The van der Waals surface area contributed by atoms with Crippen molar-refractivity contribution in [1.82, 2.24) is 9.47 Å². The number of likely N-dealkylation sites (N-methyl/N-ethyl adjacent to an activating group) is 1. The minimum atomic E-state index is -4.11. The van der Waals surface area contributed by atoms with E-state index in [0.29, 0.717) is 4.57 Å². The summed E-state index contributed by atoms with van der Waals surface area (Å²) in [4.78, 5) is -0.745. The first-order valence-electron chi connectivity index (χ1n) is 13.4. The number of hydrogen-bond acceptors (Lipinski definition) is 2. The predicted octanol–water partition coefficient (Wildman–Crippen LogP) is 2.99. The minimum absolute atomic E-state index is 0.0786. The van der Waals surface area contributed by atoms with Crippen molar-refractivity contribution in [2.45, 2.75) is 25.7 Å². The number of aromatic nitrogens is 1. The molecular formula is C15H22N2O. The zero-order chi connectivity index (χ0) is 27.6. The van der Waals surface area contributed by atoms with Crippen LogP contribution in [0.2, 0.25) is 0 Å². The van der Waals surface area contributed by atoms with Crippen LogP contribution in [0.5, 0.6) is 5.75 Å². The third kappa shape index (κ3) is 2.36.